The molecule has 0 spiro atoms. The van der Waals surface area contributed by atoms with Crippen molar-refractivity contribution in [1.29, 1.82) is 0 Å². The number of hydrogen-bond acceptors (Lipinski definition) is 4. The molecule has 4 rings (SSSR count). The van der Waals surface area contributed by atoms with E-state index in [-0.39, 0.29) is 17.7 Å². The molecular weight excluding hydrogens is 309 g/mol. The first-order valence-electron chi connectivity index (χ1n) is 8.34. The molecule has 0 bridgehead atoms. The topological polar surface area (TPSA) is 58.2 Å². The van der Waals surface area contributed by atoms with Crippen molar-refractivity contribution in [3.05, 3.63) is 48.0 Å². The smallest absolute Gasteiger partial charge is 0.179 e. The largest absolute Gasteiger partial charge is 0.490 e. The van der Waals surface area contributed by atoms with E-state index in [9.17, 15) is 9.18 Å². The molecular formula is C18H20FN3O2. The van der Waals surface area contributed by atoms with Crippen LogP contribution >= 0.6 is 0 Å². The monoisotopic (exact) mass is 329 g/mol. The Bertz CT molecular complexity index is 688. The number of H-pyrrole nitrogens is 1. The van der Waals surface area contributed by atoms with Crippen molar-refractivity contribution in [2.75, 3.05) is 19.6 Å². The van der Waals surface area contributed by atoms with Gasteiger partial charge in [0.05, 0.1) is 24.4 Å². The third-order valence-electron chi connectivity index (χ3n) is 5.09. The summed E-state index contributed by atoms with van der Waals surface area (Å²) in [5.74, 6) is 1.75. The molecule has 1 unspecified atom stereocenters. The first-order valence-corrected chi connectivity index (χ1v) is 8.34. The van der Waals surface area contributed by atoms with Gasteiger partial charge in [0.2, 0.25) is 0 Å². The van der Waals surface area contributed by atoms with E-state index >= 15 is 0 Å². The number of ketones is 1. The minimum atomic E-state index is -0.247. The second kappa shape index (κ2) is 6.36. The zero-order valence-electron chi connectivity index (χ0n) is 13.3. The van der Waals surface area contributed by atoms with Crippen molar-refractivity contribution in [3.8, 4) is 5.75 Å². The molecule has 24 heavy (non-hydrogen) atoms. The van der Waals surface area contributed by atoms with Gasteiger partial charge >= 0.3 is 0 Å². The van der Waals surface area contributed by atoms with Crippen LogP contribution in [0.3, 0.4) is 0 Å². The summed E-state index contributed by atoms with van der Waals surface area (Å²) in [6.07, 6.45) is 5.41. The highest BCUT2D eigenvalue weighted by Crippen LogP contribution is 2.39. The molecule has 1 saturated carbocycles. The fourth-order valence-electron chi connectivity index (χ4n) is 3.97. The van der Waals surface area contributed by atoms with Crippen LogP contribution < -0.4 is 4.74 Å². The lowest BCUT2D eigenvalue weighted by Crippen LogP contribution is -2.29. The summed E-state index contributed by atoms with van der Waals surface area (Å²) in [6.45, 7) is 2.34. The predicted octanol–water partition coefficient (Wildman–Crippen LogP) is 2.52. The van der Waals surface area contributed by atoms with E-state index in [4.69, 9.17) is 4.74 Å². The SMILES string of the molecule is O=C(CN1CC2C[C@H](Oc3ccc(F)cc3)C[C@H]2C1)c1cn[nH]c1. The number of aromatic amines is 1. The van der Waals surface area contributed by atoms with Crippen LogP contribution in [0.5, 0.6) is 5.75 Å². The highest BCUT2D eigenvalue weighted by Gasteiger charge is 2.42. The second-order valence-electron chi connectivity index (χ2n) is 6.79. The lowest BCUT2D eigenvalue weighted by atomic mass is 10.0. The normalized spacial score (nSPS) is 26.5. The molecule has 1 aliphatic carbocycles. The number of benzene rings is 1. The Balaban J connectivity index is 1.29. The van der Waals surface area contributed by atoms with E-state index in [1.807, 2.05) is 0 Å². The molecule has 5 nitrogen and oxygen atoms in total. The molecule has 6 heteroatoms. The van der Waals surface area contributed by atoms with Crippen molar-refractivity contribution in [2.24, 2.45) is 11.8 Å². The number of likely N-dealkylation sites (tertiary alicyclic amines) is 1. The molecule has 2 aliphatic rings. The van der Waals surface area contributed by atoms with E-state index in [2.05, 4.69) is 15.1 Å². The van der Waals surface area contributed by atoms with Crippen molar-refractivity contribution in [1.82, 2.24) is 15.1 Å². The average Bonchev–Trinajstić information content (AvgIpc) is 3.25. The van der Waals surface area contributed by atoms with E-state index < -0.39 is 0 Å². The van der Waals surface area contributed by atoms with Crippen molar-refractivity contribution in [3.63, 3.8) is 0 Å². The Morgan fingerprint density at radius 3 is 2.58 bits per heavy atom. The molecule has 1 aromatic carbocycles. The van der Waals surface area contributed by atoms with Crippen LogP contribution in [-0.2, 0) is 0 Å². The maximum atomic E-state index is 12.9. The molecule has 1 aromatic heterocycles. The number of carbonyl (C=O) groups is 1. The summed E-state index contributed by atoms with van der Waals surface area (Å²) in [6, 6.07) is 6.21. The fourth-order valence-corrected chi connectivity index (χ4v) is 3.97. The summed E-state index contributed by atoms with van der Waals surface area (Å²) in [5, 5.41) is 6.50. The Labute approximate surface area is 139 Å². The lowest BCUT2D eigenvalue weighted by Gasteiger charge is -2.19. The zero-order valence-corrected chi connectivity index (χ0v) is 13.3. The Kier molecular flexibility index (Phi) is 4.06. The summed E-state index contributed by atoms with van der Waals surface area (Å²) in [7, 11) is 0. The number of aromatic nitrogens is 2. The average molecular weight is 329 g/mol. The molecule has 2 fully saturated rings. The van der Waals surface area contributed by atoms with Crippen LogP contribution in [0.1, 0.15) is 23.2 Å². The zero-order chi connectivity index (χ0) is 16.5. The molecule has 0 radical (unpaired) electrons. The van der Waals surface area contributed by atoms with Crippen LogP contribution in [0.2, 0.25) is 0 Å². The lowest BCUT2D eigenvalue weighted by molar-refractivity contribution is 0.0936. The summed E-state index contributed by atoms with van der Waals surface area (Å²) in [4.78, 5) is 14.4. The first kappa shape index (κ1) is 15.3. The minimum absolute atomic E-state index is 0.114. The summed E-state index contributed by atoms with van der Waals surface area (Å²) < 4.78 is 18.9. The molecule has 3 atom stereocenters. The number of Topliss-reactive ketones (excluding diaryl/α,β-unsaturated/α-hetero) is 1. The quantitative estimate of drug-likeness (QED) is 0.857. The van der Waals surface area contributed by atoms with Crippen LogP contribution in [0.4, 0.5) is 4.39 Å². The Morgan fingerprint density at radius 1 is 1.25 bits per heavy atom. The van der Waals surface area contributed by atoms with Gasteiger partial charge in [-0.3, -0.25) is 14.8 Å². The maximum absolute atomic E-state index is 12.9. The fraction of sp³-hybridized carbons (Fsp3) is 0.444. The number of ether oxygens (including phenoxy) is 1. The van der Waals surface area contributed by atoms with Gasteiger partial charge in [0.25, 0.3) is 0 Å². The number of hydrogen-bond donors (Lipinski definition) is 1. The van der Waals surface area contributed by atoms with Crippen LogP contribution in [0.25, 0.3) is 0 Å². The number of rotatable bonds is 5. The summed E-state index contributed by atoms with van der Waals surface area (Å²) in [5.41, 5.74) is 0.643. The highest BCUT2D eigenvalue weighted by molar-refractivity contribution is 5.97. The number of halogens is 1. The molecule has 2 heterocycles. The molecule has 1 N–H and O–H groups in total. The predicted molar refractivity (Wildman–Crippen MR) is 86.4 cm³/mol. The standard InChI is InChI=1S/C18H20FN3O2/c19-15-1-3-16(4-2-15)24-17-5-12-9-22(10-13(12)6-17)11-18(23)14-7-20-21-8-14/h1-4,7-8,12-13,17H,5-6,9-11H2,(H,20,21)/t12-,13?,17+/m0/s1. The van der Waals surface area contributed by atoms with Gasteiger partial charge in [-0.25, -0.2) is 4.39 Å². The summed E-state index contributed by atoms with van der Waals surface area (Å²) >= 11 is 0. The van der Waals surface area contributed by atoms with Crippen LogP contribution in [0, 0.1) is 17.7 Å². The first-order chi connectivity index (χ1) is 11.7. The Hall–Kier alpha value is -2.21. The van der Waals surface area contributed by atoms with Crippen LogP contribution in [0.15, 0.2) is 36.7 Å². The number of fused-ring (bicyclic) bond motifs is 1. The highest BCUT2D eigenvalue weighted by atomic mass is 19.1. The maximum Gasteiger partial charge on any atom is 0.179 e. The molecule has 2 aromatic rings. The number of nitrogens with zero attached hydrogens (tertiary/aromatic N) is 2. The van der Waals surface area contributed by atoms with Gasteiger partial charge in [-0.1, -0.05) is 0 Å². The van der Waals surface area contributed by atoms with Crippen LogP contribution in [-0.4, -0.2) is 46.6 Å². The van der Waals surface area contributed by atoms with Gasteiger partial charge in [0.1, 0.15) is 11.6 Å². The van der Waals surface area contributed by atoms with Gasteiger partial charge in [0, 0.05) is 19.3 Å². The van der Waals surface area contributed by atoms with Crippen molar-refractivity contribution >= 4 is 5.78 Å². The van der Waals surface area contributed by atoms with E-state index in [1.165, 1.54) is 12.1 Å². The molecule has 1 saturated heterocycles. The number of nitrogens with one attached hydrogen (secondary N) is 1. The third-order valence-corrected chi connectivity index (χ3v) is 5.09. The van der Waals surface area contributed by atoms with Gasteiger partial charge in [-0.15, -0.1) is 0 Å². The molecule has 126 valence electrons. The van der Waals surface area contributed by atoms with Gasteiger partial charge in [-0.05, 0) is 48.9 Å². The van der Waals surface area contributed by atoms with Crippen molar-refractivity contribution in [2.45, 2.75) is 18.9 Å². The van der Waals surface area contributed by atoms with Gasteiger partial charge in [0.15, 0.2) is 5.78 Å². The van der Waals surface area contributed by atoms with Crippen molar-refractivity contribution < 1.29 is 13.9 Å². The molecule has 1 aliphatic heterocycles. The van der Waals surface area contributed by atoms with E-state index in [0.29, 0.717) is 23.9 Å². The minimum Gasteiger partial charge on any atom is -0.490 e. The third kappa shape index (κ3) is 3.19. The van der Waals surface area contributed by atoms with Gasteiger partial charge in [-0.2, -0.15) is 5.10 Å². The number of carbonyl (C=O) groups excluding carboxylic acids is 1. The molecule has 0 amide bonds. The van der Waals surface area contributed by atoms with E-state index in [1.54, 1.807) is 24.5 Å². The second-order valence-corrected chi connectivity index (χ2v) is 6.79. The van der Waals surface area contributed by atoms with E-state index in [0.717, 1.165) is 31.7 Å². The Morgan fingerprint density at radius 2 is 1.96 bits per heavy atom. The van der Waals surface area contributed by atoms with Gasteiger partial charge < -0.3 is 4.74 Å².